The van der Waals surface area contributed by atoms with Gasteiger partial charge >= 0.3 is 0 Å². The molecule has 0 saturated carbocycles. The third-order valence-corrected chi connectivity index (χ3v) is 3.88. The van der Waals surface area contributed by atoms with Gasteiger partial charge in [-0.25, -0.2) is 0 Å². The van der Waals surface area contributed by atoms with Gasteiger partial charge in [0, 0.05) is 25.9 Å². The molecule has 0 fully saturated rings. The first-order valence-corrected chi connectivity index (χ1v) is 7.34. The van der Waals surface area contributed by atoms with Gasteiger partial charge in [-0.15, -0.1) is 11.3 Å². The zero-order valence-corrected chi connectivity index (χ0v) is 12.8. The molecule has 0 radical (unpaired) electrons. The van der Waals surface area contributed by atoms with Crippen molar-refractivity contribution in [2.24, 2.45) is 0 Å². The third-order valence-electron chi connectivity index (χ3n) is 2.61. The van der Waals surface area contributed by atoms with Gasteiger partial charge in [-0.2, -0.15) is 0 Å². The molecule has 1 aromatic rings. The lowest BCUT2D eigenvalue weighted by atomic mass is 10.1. The van der Waals surface area contributed by atoms with Crippen molar-refractivity contribution in [2.75, 3.05) is 13.1 Å². The van der Waals surface area contributed by atoms with Crippen molar-refractivity contribution >= 4 is 34.6 Å². The van der Waals surface area contributed by atoms with Crippen LogP contribution in [0.2, 0.25) is 4.34 Å². The Morgan fingerprint density at radius 2 is 2.05 bits per heavy atom. The number of nitrogens with zero attached hydrogens (tertiary/aromatic N) is 1. The van der Waals surface area contributed by atoms with Crippen molar-refractivity contribution < 1.29 is 9.59 Å². The Kier molecular flexibility index (Phi) is 6.25. The average molecular weight is 300 g/mol. The first-order chi connectivity index (χ1) is 8.93. The summed E-state index contributed by atoms with van der Waals surface area (Å²) in [6.07, 6.45) is 0.456. The van der Waals surface area contributed by atoms with Gasteiger partial charge in [0.15, 0.2) is 5.78 Å². The van der Waals surface area contributed by atoms with Crippen LogP contribution in [0.5, 0.6) is 0 Å². The van der Waals surface area contributed by atoms with E-state index in [1.807, 2.05) is 13.8 Å². The molecule has 0 spiro atoms. The standard InChI is InChI=1S/C14H18ClNO2S/c1-4-16(9-10(2)3)14(18)8-5-11(17)12-6-7-13(15)19-12/h6-7H,2,4-5,8-9H2,1,3H3. The predicted molar refractivity (Wildman–Crippen MR) is 80.0 cm³/mol. The van der Waals surface area contributed by atoms with Crippen LogP contribution >= 0.6 is 22.9 Å². The summed E-state index contributed by atoms with van der Waals surface area (Å²) < 4.78 is 0.590. The van der Waals surface area contributed by atoms with Crippen molar-refractivity contribution in [3.8, 4) is 0 Å². The predicted octanol–water partition coefficient (Wildman–Crippen LogP) is 3.79. The number of likely N-dealkylation sites (N-methyl/N-ethyl adjacent to an activating group) is 1. The van der Waals surface area contributed by atoms with E-state index in [-0.39, 0.29) is 24.5 Å². The molecule has 0 saturated heterocycles. The number of ketones is 1. The molecule has 19 heavy (non-hydrogen) atoms. The maximum Gasteiger partial charge on any atom is 0.223 e. The van der Waals surface area contributed by atoms with Crippen LogP contribution in [-0.4, -0.2) is 29.7 Å². The van der Waals surface area contributed by atoms with E-state index in [1.54, 1.807) is 17.0 Å². The SMILES string of the molecule is C=C(C)CN(CC)C(=O)CCC(=O)c1ccc(Cl)s1. The van der Waals surface area contributed by atoms with Gasteiger partial charge < -0.3 is 4.90 Å². The fourth-order valence-corrected chi connectivity index (χ4v) is 2.68. The number of amides is 1. The zero-order valence-electron chi connectivity index (χ0n) is 11.2. The van der Waals surface area contributed by atoms with E-state index in [0.29, 0.717) is 22.3 Å². The fourth-order valence-electron chi connectivity index (χ4n) is 1.67. The van der Waals surface area contributed by atoms with Crippen molar-refractivity contribution in [1.29, 1.82) is 0 Å². The van der Waals surface area contributed by atoms with E-state index in [1.165, 1.54) is 11.3 Å². The molecule has 3 nitrogen and oxygen atoms in total. The molecule has 1 amide bonds. The molecule has 0 unspecified atom stereocenters. The third kappa shape index (κ3) is 5.17. The Labute approximate surface area is 122 Å². The second kappa shape index (κ2) is 7.46. The molecule has 0 aliphatic heterocycles. The number of Topliss-reactive ketones (excluding diaryl/α,β-unsaturated/α-hetero) is 1. The second-order valence-corrected chi connectivity index (χ2v) is 6.11. The van der Waals surface area contributed by atoms with E-state index in [2.05, 4.69) is 6.58 Å². The minimum Gasteiger partial charge on any atom is -0.339 e. The number of thiophene rings is 1. The fraction of sp³-hybridized carbons (Fsp3) is 0.429. The van der Waals surface area contributed by atoms with Gasteiger partial charge in [0.25, 0.3) is 0 Å². The molecule has 1 heterocycles. The highest BCUT2D eigenvalue weighted by atomic mass is 35.5. The van der Waals surface area contributed by atoms with Crippen molar-refractivity contribution in [3.63, 3.8) is 0 Å². The second-order valence-electron chi connectivity index (χ2n) is 4.39. The highest BCUT2D eigenvalue weighted by Gasteiger charge is 2.15. The monoisotopic (exact) mass is 299 g/mol. The average Bonchev–Trinajstić information content (AvgIpc) is 2.79. The highest BCUT2D eigenvalue weighted by molar-refractivity contribution is 7.18. The summed E-state index contributed by atoms with van der Waals surface area (Å²) in [5.41, 5.74) is 0.937. The van der Waals surface area contributed by atoms with E-state index < -0.39 is 0 Å². The molecule has 0 N–H and O–H groups in total. The van der Waals surface area contributed by atoms with Gasteiger partial charge in [0.05, 0.1) is 9.21 Å². The van der Waals surface area contributed by atoms with Gasteiger partial charge in [-0.3, -0.25) is 9.59 Å². The van der Waals surface area contributed by atoms with E-state index in [4.69, 9.17) is 11.6 Å². The molecular formula is C14H18ClNO2S. The van der Waals surface area contributed by atoms with Crippen LogP contribution in [0.4, 0.5) is 0 Å². The molecular weight excluding hydrogens is 282 g/mol. The van der Waals surface area contributed by atoms with Crippen LogP contribution < -0.4 is 0 Å². The summed E-state index contributed by atoms with van der Waals surface area (Å²) in [5.74, 6) is -0.0434. The maximum absolute atomic E-state index is 12.0. The lowest BCUT2D eigenvalue weighted by Gasteiger charge is -2.20. The van der Waals surface area contributed by atoms with Gasteiger partial charge in [0.2, 0.25) is 5.91 Å². The minimum absolute atomic E-state index is 0.0125. The first kappa shape index (κ1) is 15.9. The molecule has 104 valence electrons. The Bertz CT molecular complexity index is 482. The summed E-state index contributed by atoms with van der Waals surface area (Å²) in [6, 6.07) is 3.39. The molecule has 0 aliphatic carbocycles. The molecule has 0 bridgehead atoms. The lowest BCUT2D eigenvalue weighted by molar-refractivity contribution is -0.130. The van der Waals surface area contributed by atoms with Crippen molar-refractivity contribution in [2.45, 2.75) is 26.7 Å². The molecule has 0 aromatic carbocycles. The van der Waals surface area contributed by atoms with Crippen LogP contribution in [0.3, 0.4) is 0 Å². The largest absolute Gasteiger partial charge is 0.339 e. The summed E-state index contributed by atoms with van der Waals surface area (Å²) >= 11 is 7.03. The number of hydrogen-bond acceptors (Lipinski definition) is 3. The van der Waals surface area contributed by atoms with Crippen LogP contribution in [0, 0.1) is 0 Å². The van der Waals surface area contributed by atoms with E-state index in [0.717, 1.165) is 5.57 Å². The normalized spacial score (nSPS) is 10.3. The Hall–Kier alpha value is -1.13. The zero-order chi connectivity index (χ0) is 14.4. The summed E-state index contributed by atoms with van der Waals surface area (Å²) in [7, 11) is 0. The summed E-state index contributed by atoms with van der Waals surface area (Å²) in [6.45, 7) is 8.78. The number of carbonyl (C=O) groups excluding carboxylic acids is 2. The first-order valence-electron chi connectivity index (χ1n) is 6.14. The van der Waals surface area contributed by atoms with Crippen LogP contribution in [-0.2, 0) is 4.79 Å². The van der Waals surface area contributed by atoms with Crippen LogP contribution in [0.25, 0.3) is 0 Å². The number of halogens is 1. The minimum atomic E-state index is -0.0309. The van der Waals surface area contributed by atoms with E-state index in [9.17, 15) is 9.59 Å². The topological polar surface area (TPSA) is 37.4 Å². The van der Waals surface area contributed by atoms with Gasteiger partial charge in [-0.05, 0) is 26.0 Å². The number of carbonyl (C=O) groups is 2. The number of rotatable bonds is 7. The Morgan fingerprint density at radius 3 is 2.53 bits per heavy atom. The molecule has 1 rings (SSSR count). The summed E-state index contributed by atoms with van der Waals surface area (Å²) in [5, 5.41) is 0. The molecule has 5 heteroatoms. The lowest BCUT2D eigenvalue weighted by Crippen LogP contribution is -2.32. The Morgan fingerprint density at radius 1 is 1.37 bits per heavy atom. The highest BCUT2D eigenvalue weighted by Crippen LogP contribution is 2.23. The quantitative estimate of drug-likeness (QED) is 0.567. The van der Waals surface area contributed by atoms with Crippen molar-refractivity contribution in [1.82, 2.24) is 4.90 Å². The smallest absolute Gasteiger partial charge is 0.223 e. The Balaban J connectivity index is 2.49. The van der Waals surface area contributed by atoms with Crippen LogP contribution in [0.15, 0.2) is 24.3 Å². The summed E-state index contributed by atoms with van der Waals surface area (Å²) in [4.78, 5) is 26.1. The van der Waals surface area contributed by atoms with Gasteiger partial charge in [0.1, 0.15) is 0 Å². The van der Waals surface area contributed by atoms with Gasteiger partial charge in [-0.1, -0.05) is 23.8 Å². The molecule has 1 aromatic heterocycles. The van der Waals surface area contributed by atoms with Crippen LogP contribution in [0.1, 0.15) is 36.4 Å². The maximum atomic E-state index is 12.0. The molecule has 0 aliphatic rings. The molecule has 0 atom stereocenters. The number of hydrogen-bond donors (Lipinski definition) is 0. The van der Waals surface area contributed by atoms with E-state index >= 15 is 0 Å². The van der Waals surface area contributed by atoms with Crippen molar-refractivity contribution in [3.05, 3.63) is 33.5 Å².